The number of halogens is 4. The highest BCUT2D eigenvalue weighted by molar-refractivity contribution is 5.93. The first-order valence-electron chi connectivity index (χ1n) is 9.86. The van der Waals surface area contributed by atoms with Gasteiger partial charge in [-0.05, 0) is 49.4 Å². The summed E-state index contributed by atoms with van der Waals surface area (Å²) in [5.74, 6) is -0.477. The van der Waals surface area contributed by atoms with Crippen molar-refractivity contribution in [3.05, 3.63) is 41.5 Å². The molecule has 1 fully saturated rings. The second kappa shape index (κ2) is 8.71. The molecule has 3 atom stereocenters. The van der Waals surface area contributed by atoms with Crippen LogP contribution in [0.3, 0.4) is 0 Å². The van der Waals surface area contributed by atoms with Gasteiger partial charge in [-0.25, -0.2) is 9.07 Å². The van der Waals surface area contributed by atoms with E-state index in [-0.39, 0.29) is 11.7 Å². The monoisotopic (exact) mass is 427 g/mol. The number of piperidine rings is 1. The van der Waals surface area contributed by atoms with Crippen molar-refractivity contribution in [2.45, 2.75) is 39.4 Å². The number of benzene rings is 1. The Morgan fingerprint density at radius 1 is 1.20 bits per heavy atom. The van der Waals surface area contributed by atoms with E-state index in [1.807, 2.05) is 0 Å². The second-order valence-corrected chi connectivity index (χ2v) is 8.21. The van der Waals surface area contributed by atoms with Crippen LogP contribution in [-0.2, 0) is 6.18 Å². The van der Waals surface area contributed by atoms with Crippen LogP contribution in [0, 0.1) is 17.7 Å². The van der Waals surface area contributed by atoms with Gasteiger partial charge in [0.25, 0.3) is 5.91 Å². The molecule has 10 heteroatoms. The van der Waals surface area contributed by atoms with Crippen molar-refractivity contribution in [3.8, 4) is 5.69 Å². The number of carbonyl (C=O) groups excluding carboxylic acids is 1. The van der Waals surface area contributed by atoms with Gasteiger partial charge in [-0.2, -0.15) is 13.2 Å². The molecule has 1 aromatic heterocycles. The van der Waals surface area contributed by atoms with Gasteiger partial charge in [-0.3, -0.25) is 4.79 Å². The van der Waals surface area contributed by atoms with E-state index in [9.17, 15) is 22.4 Å². The van der Waals surface area contributed by atoms with Crippen molar-refractivity contribution in [2.24, 2.45) is 11.8 Å². The van der Waals surface area contributed by atoms with Crippen molar-refractivity contribution >= 4 is 5.91 Å². The van der Waals surface area contributed by atoms with Crippen LogP contribution in [0.4, 0.5) is 17.6 Å². The molecule has 30 heavy (non-hydrogen) atoms. The number of amides is 1. The third-order valence-corrected chi connectivity index (χ3v) is 5.08. The molecular formula is C20H25F4N5O. The summed E-state index contributed by atoms with van der Waals surface area (Å²) in [6, 6.07) is 3.94. The summed E-state index contributed by atoms with van der Waals surface area (Å²) in [4.78, 5) is 14.8. The molecule has 0 saturated carbocycles. The lowest BCUT2D eigenvalue weighted by molar-refractivity contribution is -0.143. The summed E-state index contributed by atoms with van der Waals surface area (Å²) >= 11 is 0. The van der Waals surface area contributed by atoms with Crippen LogP contribution in [-0.4, -0.2) is 51.5 Å². The number of rotatable bonds is 5. The summed E-state index contributed by atoms with van der Waals surface area (Å²) in [5, 5.41) is 9.58. The molecule has 0 radical (unpaired) electrons. The molecule has 164 valence electrons. The van der Waals surface area contributed by atoms with Crippen LogP contribution in [0.2, 0.25) is 0 Å². The summed E-state index contributed by atoms with van der Waals surface area (Å²) < 4.78 is 54.7. The number of hydrogen-bond donors (Lipinski definition) is 1. The normalized spacial score (nSPS) is 21.4. The molecule has 3 rings (SSSR count). The molecule has 1 N–H and O–H groups in total. The first-order valence-corrected chi connectivity index (χ1v) is 9.86. The molecule has 2 heterocycles. The number of nitrogens with zero attached hydrogens (tertiary/aromatic N) is 4. The van der Waals surface area contributed by atoms with Crippen LogP contribution in [0.15, 0.2) is 24.3 Å². The van der Waals surface area contributed by atoms with Gasteiger partial charge >= 0.3 is 6.18 Å². The van der Waals surface area contributed by atoms with Gasteiger partial charge in [-0.15, -0.1) is 5.10 Å². The molecule has 1 saturated heterocycles. The number of likely N-dealkylation sites (tertiary alicyclic amines) is 1. The van der Waals surface area contributed by atoms with Crippen LogP contribution in [0.1, 0.15) is 43.4 Å². The fourth-order valence-corrected chi connectivity index (χ4v) is 4.12. The zero-order chi connectivity index (χ0) is 22.1. The number of carbonyl (C=O) groups is 1. The number of alkyl halides is 3. The second-order valence-electron chi connectivity index (χ2n) is 8.21. The lowest BCUT2D eigenvalue weighted by Gasteiger charge is -2.36. The van der Waals surface area contributed by atoms with Gasteiger partial charge in [0.1, 0.15) is 5.82 Å². The lowest BCUT2D eigenvalue weighted by atomic mass is 9.92. The Kier molecular flexibility index (Phi) is 6.44. The number of nitrogens with one attached hydrogen (secondary N) is 1. The van der Waals surface area contributed by atoms with Crippen molar-refractivity contribution in [3.63, 3.8) is 0 Å². The Hall–Kier alpha value is -2.49. The van der Waals surface area contributed by atoms with E-state index in [2.05, 4.69) is 34.4 Å². The van der Waals surface area contributed by atoms with Gasteiger partial charge in [0.05, 0.1) is 5.69 Å². The summed E-state index contributed by atoms with van der Waals surface area (Å²) in [5.41, 5.74) is -2.14. The molecule has 2 aromatic rings. The molecule has 6 nitrogen and oxygen atoms in total. The van der Waals surface area contributed by atoms with Crippen molar-refractivity contribution in [2.75, 3.05) is 19.6 Å². The smallest absolute Gasteiger partial charge is 0.347 e. The molecule has 3 unspecified atom stereocenters. The fraction of sp³-hybridized carbons (Fsp3) is 0.550. The maximum Gasteiger partial charge on any atom is 0.435 e. The van der Waals surface area contributed by atoms with Gasteiger partial charge in [0.2, 0.25) is 0 Å². The van der Waals surface area contributed by atoms with Crippen molar-refractivity contribution in [1.29, 1.82) is 0 Å². The van der Waals surface area contributed by atoms with E-state index >= 15 is 0 Å². The van der Waals surface area contributed by atoms with Crippen LogP contribution < -0.4 is 5.32 Å². The summed E-state index contributed by atoms with van der Waals surface area (Å²) in [6.45, 7) is 8.39. The molecule has 0 aliphatic carbocycles. The molecule has 1 aliphatic rings. The highest BCUT2D eigenvalue weighted by atomic mass is 19.4. The minimum Gasteiger partial charge on any atom is -0.347 e. The van der Waals surface area contributed by atoms with Gasteiger partial charge in [-0.1, -0.05) is 19.1 Å². The number of aromatic nitrogens is 3. The maximum atomic E-state index is 13.7. The summed E-state index contributed by atoms with van der Waals surface area (Å²) in [6.07, 6.45) is -3.73. The zero-order valence-electron chi connectivity index (χ0n) is 17.1. The van der Waals surface area contributed by atoms with E-state index in [1.165, 1.54) is 0 Å². The highest BCUT2D eigenvalue weighted by Crippen LogP contribution is 2.32. The zero-order valence-corrected chi connectivity index (χ0v) is 17.1. The quantitative estimate of drug-likeness (QED) is 0.742. The van der Waals surface area contributed by atoms with Gasteiger partial charge in [0, 0.05) is 25.7 Å². The molecule has 0 bridgehead atoms. The van der Waals surface area contributed by atoms with Gasteiger partial charge < -0.3 is 10.2 Å². The van der Waals surface area contributed by atoms with Crippen molar-refractivity contribution < 1.29 is 22.4 Å². The Morgan fingerprint density at radius 2 is 1.80 bits per heavy atom. The molecule has 1 aromatic carbocycles. The standard InChI is InChI=1S/C20H25F4N5O/c1-12-8-13(2)10-28(9-12)11-14(3)25-19(30)17-18(20(22,23)24)29(27-26-17)16-6-4-15(21)5-7-16/h4-7,12-14H,8-11H2,1-3H3,(H,25,30). The third-order valence-electron chi connectivity index (χ3n) is 5.08. The minimum absolute atomic E-state index is 0.0420. The van der Waals surface area contributed by atoms with Crippen LogP contribution in [0.5, 0.6) is 0 Å². The Labute approximate surface area is 172 Å². The van der Waals surface area contributed by atoms with E-state index < -0.39 is 29.3 Å². The Bertz CT molecular complexity index is 870. The maximum absolute atomic E-state index is 13.7. The first-order chi connectivity index (χ1) is 14.0. The van der Waals surface area contributed by atoms with Crippen molar-refractivity contribution in [1.82, 2.24) is 25.2 Å². The third kappa shape index (κ3) is 5.16. The highest BCUT2D eigenvalue weighted by Gasteiger charge is 2.42. The SMILES string of the molecule is CC1CC(C)CN(CC(C)NC(=O)c2nnn(-c3ccc(F)cc3)c2C(F)(F)F)C1. The number of hydrogen-bond acceptors (Lipinski definition) is 4. The van der Waals surface area contributed by atoms with Crippen LogP contribution in [0.25, 0.3) is 5.69 Å². The van der Waals surface area contributed by atoms with E-state index in [0.717, 1.165) is 43.8 Å². The first kappa shape index (κ1) is 22.2. The largest absolute Gasteiger partial charge is 0.435 e. The Morgan fingerprint density at radius 3 is 2.37 bits per heavy atom. The molecule has 1 amide bonds. The van der Waals surface area contributed by atoms with E-state index in [4.69, 9.17) is 0 Å². The fourth-order valence-electron chi connectivity index (χ4n) is 4.12. The molecule has 1 aliphatic heterocycles. The summed E-state index contributed by atoms with van der Waals surface area (Å²) in [7, 11) is 0. The predicted molar refractivity (Wildman–Crippen MR) is 103 cm³/mol. The molecule has 0 spiro atoms. The predicted octanol–water partition coefficient (Wildman–Crippen LogP) is 3.52. The van der Waals surface area contributed by atoms with Crippen LogP contribution >= 0.6 is 0 Å². The topological polar surface area (TPSA) is 63.1 Å². The Balaban J connectivity index is 1.77. The average Bonchev–Trinajstić information content (AvgIpc) is 3.07. The van der Waals surface area contributed by atoms with Gasteiger partial charge in [0.15, 0.2) is 11.4 Å². The van der Waals surface area contributed by atoms with E-state index in [1.54, 1.807) is 6.92 Å². The molecular weight excluding hydrogens is 402 g/mol. The van der Waals surface area contributed by atoms with E-state index in [0.29, 0.717) is 23.1 Å². The minimum atomic E-state index is -4.87. The average molecular weight is 427 g/mol. The lowest BCUT2D eigenvalue weighted by Crippen LogP contribution is -2.47.